The third-order valence-corrected chi connectivity index (χ3v) is 4.13. The van der Waals surface area contributed by atoms with E-state index in [2.05, 4.69) is 6.07 Å². The van der Waals surface area contributed by atoms with Crippen LogP contribution in [0.2, 0.25) is 0 Å². The summed E-state index contributed by atoms with van der Waals surface area (Å²) < 4.78 is 0. The average molecular weight is 275 g/mol. The highest BCUT2D eigenvalue weighted by atomic mass is 32.2. The van der Waals surface area contributed by atoms with E-state index in [1.165, 1.54) is 0 Å². The van der Waals surface area contributed by atoms with Gasteiger partial charge in [-0.1, -0.05) is 18.2 Å². The van der Waals surface area contributed by atoms with E-state index in [0.717, 1.165) is 23.7 Å². The molecule has 5 heteroatoms. The van der Waals surface area contributed by atoms with Crippen molar-refractivity contribution in [3.8, 4) is 6.07 Å². The van der Waals surface area contributed by atoms with E-state index in [1.807, 2.05) is 23.1 Å². The van der Waals surface area contributed by atoms with Crippen LogP contribution in [0.4, 0.5) is 0 Å². The van der Waals surface area contributed by atoms with Crippen LogP contribution >= 0.6 is 11.8 Å². The number of hydrogen-bond acceptors (Lipinski definition) is 4. The van der Waals surface area contributed by atoms with Crippen LogP contribution in [0.15, 0.2) is 24.3 Å². The maximum atomic E-state index is 12.0. The number of nitriles is 1. The summed E-state index contributed by atoms with van der Waals surface area (Å²) in [6.45, 7) is 0.824. The van der Waals surface area contributed by atoms with Crippen molar-refractivity contribution in [1.29, 1.82) is 5.26 Å². The summed E-state index contributed by atoms with van der Waals surface area (Å²) in [5, 5.41) is 9.02. The van der Waals surface area contributed by atoms with E-state index in [9.17, 15) is 4.79 Å². The van der Waals surface area contributed by atoms with Crippen LogP contribution in [0.25, 0.3) is 0 Å². The van der Waals surface area contributed by atoms with E-state index in [-0.39, 0.29) is 11.9 Å². The molecule has 0 radical (unpaired) electrons. The molecule has 1 aliphatic rings. The first-order valence-corrected chi connectivity index (χ1v) is 7.45. The Morgan fingerprint density at radius 2 is 2.32 bits per heavy atom. The fourth-order valence-corrected chi connectivity index (χ4v) is 3.10. The van der Waals surface area contributed by atoms with Crippen molar-refractivity contribution in [2.75, 3.05) is 18.2 Å². The summed E-state index contributed by atoms with van der Waals surface area (Å²) in [7, 11) is 0. The molecule has 1 aromatic rings. The summed E-state index contributed by atoms with van der Waals surface area (Å²) in [5.41, 5.74) is 7.59. The van der Waals surface area contributed by atoms with Gasteiger partial charge in [0.25, 0.3) is 0 Å². The van der Waals surface area contributed by atoms with Crippen LogP contribution in [0.1, 0.15) is 17.5 Å². The van der Waals surface area contributed by atoms with Crippen molar-refractivity contribution < 1.29 is 4.79 Å². The molecule has 1 heterocycles. The van der Waals surface area contributed by atoms with Gasteiger partial charge in [-0.15, -0.1) is 11.8 Å². The molecule has 1 atom stereocenters. The zero-order chi connectivity index (χ0) is 13.7. The molecule has 2 N–H and O–H groups in total. The molecule has 1 fully saturated rings. The topological polar surface area (TPSA) is 70.1 Å². The molecule has 0 aliphatic carbocycles. The van der Waals surface area contributed by atoms with Gasteiger partial charge in [-0.05, 0) is 18.1 Å². The molecular weight excluding hydrogens is 258 g/mol. The number of benzene rings is 1. The molecule has 4 nitrogen and oxygen atoms in total. The quantitative estimate of drug-likeness (QED) is 0.900. The lowest BCUT2D eigenvalue weighted by molar-refractivity contribution is -0.130. The maximum Gasteiger partial charge on any atom is 0.224 e. The fourth-order valence-electron chi connectivity index (χ4n) is 2.13. The molecule has 19 heavy (non-hydrogen) atoms. The molecule has 100 valence electrons. The standard InChI is InChI=1S/C14H17N3OS/c15-9-12-4-2-1-3-11(12)7-13(16)8-14(18)17-5-6-19-10-17/h1-4,13H,5-8,10,16H2/t13-/m1/s1. The molecule has 0 aromatic heterocycles. The highest BCUT2D eigenvalue weighted by Gasteiger charge is 2.20. The number of amides is 1. The second-order valence-corrected chi connectivity index (χ2v) is 5.71. The minimum atomic E-state index is -0.229. The molecular formula is C14H17N3OS. The summed E-state index contributed by atoms with van der Waals surface area (Å²) in [5.74, 6) is 1.91. The summed E-state index contributed by atoms with van der Waals surface area (Å²) in [6, 6.07) is 9.33. The van der Waals surface area contributed by atoms with Crippen molar-refractivity contribution in [2.24, 2.45) is 5.73 Å². The Morgan fingerprint density at radius 1 is 1.53 bits per heavy atom. The molecule has 0 unspecified atom stereocenters. The SMILES string of the molecule is N#Cc1ccccc1C[C@@H](N)CC(=O)N1CCSC1. The third-order valence-electron chi connectivity index (χ3n) is 3.16. The molecule has 2 rings (SSSR count). The Labute approximate surface area is 117 Å². The second kappa shape index (κ2) is 6.60. The Bertz CT molecular complexity index is 492. The van der Waals surface area contributed by atoms with Gasteiger partial charge in [0.1, 0.15) is 0 Å². The number of rotatable bonds is 4. The van der Waals surface area contributed by atoms with Gasteiger partial charge >= 0.3 is 0 Å². The van der Waals surface area contributed by atoms with Crippen molar-refractivity contribution in [2.45, 2.75) is 18.9 Å². The van der Waals surface area contributed by atoms with Crippen molar-refractivity contribution >= 4 is 17.7 Å². The number of nitrogens with zero attached hydrogens (tertiary/aromatic N) is 2. The van der Waals surface area contributed by atoms with E-state index in [4.69, 9.17) is 11.0 Å². The van der Waals surface area contributed by atoms with Gasteiger partial charge in [0.05, 0.1) is 17.5 Å². The lowest BCUT2D eigenvalue weighted by Gasteiger charge is -2.18. The second-order valence-electron chi connectivity index (χ2n) is 4.63. The lowest BCUT2D eigenvalue weighted by Crippen LogP contribution is -2.35. The fraction of sp³-hybridized carbons (Fsp3) is 0.429. The van der Waals surface area contributed by atoms with Gasteiger partial charge in [0.2, 0.25) is 5.91 Å². The smallest absolute Gasteiger partial charge is 0.224 e. The average Bonchev–Trinajstić information content (AvgIpc) is 2.93. The molecule has 1 amide bonds. The van der Waals surface area contributed by atoms with E-state index in [0.29, 0.717) is 18.4 Å². The van der Waals surface area contributed by atoms with E-state index >= 15 is 0 Å². The van der Waals surface area contributed by atoms with Crippen molar-refractivity contribution in [3.63, 3.8) is 0 Å². The zero-order valence-corrected chi connectivity index (χ0v) is 11.5. The molecule has 1 saturated heterocycles. The minimum Gasteiger partial charge on any atom is -0.333 e. The summed E-state index contributed by atoms with van der Waals surface area (Å²) in [4.78, 5) is 13.8. The van der Waals surface area contributed by atoms with Crippen molar-refractivity contribution in [3.05, 3.63) is 35.4 Å². The van der Waals surface area contributed by atoms with Gasteiger partial charge in [0.15, 0.2) is 0 Å². The molecule has 0 bridgehead atoms. The number of hydrogen-bond donors (Lipinski definition) is 1. The summed E-state index contributed by atoms with van der Waals surface area (Å²) >= 11 is 1.77. The van der Waals surface area contributed by atoms with Crippen LogP contribution in [0.5, 0.6) is 0 Å². The van der Waals surface area contributed by atoms with Gasteiger partial charge in [-0.3, -0.25) is 4.79 Å². The number of carbonyl (C=O) groups is 1. The van der Waals surface area contributed by atoms with Crippen LogP contribution in [0, 0.1) is 11.3 Å². The number of nitrogens with two attached hydrogens (primary N) is 1. The van der Waals surface area contributed by atoms with E-state index in [1.54, 1.807) is 17.8 Å². The van der Waals surface area contributed by atoms with Crippen LogP contribution < -0.4 is 5.73 Å². The predicted molar refractivity (Wildman–Crippen MR) is 76.5 cm³/mol. The first-order chi connectivity index (χ1) is 9.20. The lowest BCUT2D eigenvalue weighted by atomic mass is 9.99. The van der Waals surface area contributed by atoms with Crippen molar-refractivity contribution in [1.82, 2.24) is 4.90 Å². The monoisotopic (exact) mass is 275 g/mol. The Hall–Kier alpha value is -1.51. The zero-order valence-electron chi connectivity index (χ0n) is 10.7. The molecule has 0 saturated carbocycles. The van der Waals surface area contributed by atoms with Crippen LogP contribution in [-0.4, -0.2) is 35.0 Å². The molecule has 1 aromatic carbocycles. The highest BCUT2D eigenvalue weighted by molar-refractivity contribution is 7.99. The number of carbonyl (C=O) groups excluding carboxylic acids is 1. The maximum absolute atomic E-state index is 12.0. The predicted octanol–water partition coefficient (Wildman–Crippen LogP) is 1.35. The van der Waals surface area contributed by atoms with Gasteiger partial charge in [-0.2, -0.15) is 5.26 Å². The highest BCUT2D eigenvalue weighted by Crippen LogP contribution is 2.16. The molecule has 1 aliphatic heterocycles. The Balaban J connectivity index is 1.92. The molecule has 0 spiro atoms. The first-order valence-electron chi connectivity index (χ1n) is 6.30. The van der Waals surface area contributed by atoms with Crippen LogP contribution in [0.3, 0.4) is 0 Å². The van der Waals surface area contributed by atoms with Gasteiger partial charge in [-0.25, -0.2) is 0 Å². The normalized spacial score (nSPS) is 16.1. The van der Waals surface area contributed by atoms with Gasteiger partial charge in [0, 0.05) is 24.8 Å². The number of thioether (sulfide) groups is 1. The Morgan fingerprint density at radius 3 is 3.00 bits per heavy atom. The first kappa shape index (κ1) is 13.9. The largest absolute Gasteiger partial charge is 0.333 e. The van der Waals surface area contributed by atoms with E-state index < -0.39 is 0 Å². The third kappa shape index (κ3) is 3.72. The minimum absolute atomic E-state index is 0.118. The van der Waals surface area contributed by atoms with Gasteiger partial charge < -0.3 is 10.6 Å². The van der Waals surface area contributed by atoms with Crippen LogP contribution in [-0.2, 0) is 11.2 Å². The summed E-state index contributed by atoms with van der Waals surface area (Å²) in [6.07, 6.45) is 0.913. The Kier molecular flexibility index (Phi) is 4.83.